The number of ether oxygens (including phenoxy) is 2. The third-order valence-electron chi connectivity index (χ3n) is 2.72. The number of aromatic hydroxyl groups is 2. The minimum Gasteiger partial charge on any atom is -0.508 e. The van der Waals surface area contributed by atoms with Crippen molar-refractivity contribution in [3.63, 3.8) is 0 Å². The van der Waals surface area contributed by atoms with E-state index in [2.05, 4.69) is 0 Å². The SMILES string of the molecule is COc1c(C)cc(O)c(CCC(=O)OC(C)(C)C)c1O. The number of hydrogen-bond donors (Lipinski definition) is 2. The van der Waals surface area contributed by atoms with Gasteiger partial charge in [0, 0.05) is 12.0 Å². The summed E-state index contributed by atoms with van der Waals surface area (Å²) in [6.45, 7) is 7.08. The van der Waals surface area contributed by atoms with Crippen LogP contribution in [-0.4, -0.2) is 28.9 Å². The van der Waals surface area contributed by atoms with Gasteiger partial charge >= 0.3 is 5.97 Å². The smallest absolute Gasteiger partial charge is 0.306 e. The molecular formula is C15H22O5. The van der Waals surface area contributed by atoms with Crippen LogP contribution in [0.1, 0.15) is 38.3 Å². The van der Waals surface area contributed by atoms with Crippen molar-refractivity contribution in [3.8, 4) is 17.2 Å². The zero-order valence-electron chi connectivity index (χ0n) is 12.6. The maximum absolute atomic E-state index is 11.7. The van der Waals surface area contributed by atoms with E-state index in [1.807, 2.05) is 0 Å². The third kappa shape index (κ3) is 4.05. The van der Waals surface area contributed by atoms with E-state index in [9.17, 15) is 15.0 Å². The molecule has 0 spiro atoms. The van der Waals surface area contributed by atoms with Gasteiger partial charge in [0.25, 0.3) is 0 Å². The second-order valence-electron chi connectivity index (χ2n) is 5.66. The molecule has 2 N–H and O–H groups in total. The van der Waals surface area contributed by atoms with E-state index in [-0.39, 0.29) is 30.3 Å². The molecule has 1 rings (SSSR count). The van der Waals surface area contributed by atoms with Crippen LogP contribution in [0.2, 0.25) is 0 Å². The molecule has 0 aliphatic carbocycles. The first-order chi connectivity index (χ1) is 9.15. The molecule has 0 unspecified atom stereocenters. The fourth-order valence-electron chi connectivity index (χ4n) is 1.93. The van der Waals surface area contributed by atoms with Gasteiger partial charge in [-0.05, 0) is 45.7 Å². The van der Waals surface area contributed by atoms with Crippen LogP contribution in [0.25, 0.3) is 0 Å². The highest BCUT2D eigenvalue weighted by Gasteiger charge is 2.20. The number of esters is 1. The van der Waals surface area contributed by atoms with Crippen LogP contribution < -0.4 is 4.74 Å². The summed E-state index contributed by atoms with van der Waals surface area (Å²) < 4.78 is 10.3. The van der Waals surface area contributed by atoms with Crippen molar-refractivity contribution in [2.45, 2.75) is 46.1 Å². The molecule has 20 heavy (non-hydrogen) atoms. The number of methoxy groups -OCH3 is 1. The first-order valence-corrected chi connectivity index (χ1v) is 6.46. The molecule has 0 atom stereocenters. The molecule has 0 fully saturated rings. The van der Waals surface area contributed by atoms with Gasteiger partial charge in [-0.2, -0.15) is 0 Å². The predicted octanol–water partition coefficient (Wildman–Crippen LogP) is 2.69. The molecule has 0 amide bonds. The highest BCUT2D eigenvalue weighted by Crippen LogP contribution is 2.39. The molecule has 0 aliphatic heterocycles. The topological polar surface area (TPSA) is 76.0 Å². The van der Waals surface area contributed by atoms with Gasteiger partial charge < -0.3 is 19.7 Å². The minimum absolute atomic E-state index is 0.0515. The van der Waals surface area contributed by atoms with E-state index in [0.29, 0.717) is 16.9 Å². The number of carbonyl (C=O) groups is 1. The maximum Gasteiger partial charge on any atom is 0.306 e. The van der Waals surface area contributed by atoms with E-state index in [1.54, 1.807) is 27.7 Å². The monoisotopic (exact) mass is 282 g/mol. The molecule has 5 nitrogen and oxygen atoms in total. The highest BCUT2D eigenvalue weighted by molar-refractivity contribution is 5.71. The molecule has 5 heteroatoms. The summed E-state index contributed by atoms with van der Waals surface area (Å²) >= 11 is 0. The second kappa shape index (κ2) is 6.03. The van der Waals surface area contributed by atoms with E-state index >= 15 is 0 Å². The van der Waals surface area contributed by atoms with E-state index in [1.165, 1.54) is 13.2 Å². The Bertz CT molecular complexity index is 500. The predicted molar refractivity (Wildman–Crippen MR) is 75.2 cm³/mol. The number of phenolic OH excluding ortho intramolecular Hbond substituents is 2. The van der Waals surface area contributed by atoms with Crippen LogP contribution in [0.5, 0.6) is 17.2 Å². The summed E-state index contributed by atoms with van der Waals surface area (Å²) in [5.74, 6) is -0.254. The van der Waals surface area contributed by atoms with Gasteiger partial charge in [-0.15, -0.1) is 0 Å². The first-order valence-electron chi connectivity index (χ1n) is 6.46. The van der Waals surface area contributed by atoms with Crippen molar-refractivity contribution < 1.29 is 24.5 Å². The quantitative estimate of drug-likeness (QED) is 0.830. The first kappa shape index (κ1) is 16.1. The molecule has 0 aromatic heterocycles. The van der Waals surface area contributed by atoms with Gasteiger partial charge in [-0.3, -0.25) is 4.79 Å². The fraction of sp³-hybridized carbons (Fsp3) is 0.533. The van der Waals surface area contributed by atoms with Crippen molar-refractivity contribution in [1.82, 2.24) is 0 Å². The van der Waals surface area contributed by atoms with Crippen LogP contribution in [0.3, 0.4) is 0 Å². The summed E-state index contributed by atoms with van der Waals surface area (Å²) in [4.78, 5) is 11.7. The minimum atomic E-state index is -0.549. The molecule has 112 valence electrons. The van der Waals surface area contributed by atoms with E-state index in [4.69, 9.17) is 9.47 Å². The van der Waals surface area contributed by atoms with Gasteiger partial charge in [-0.1, -0.05) is 0 Å². The Morgan fingerprint density at radius 1 is 1.30 bits per heavy atom. The van der Waals surface area contributed by atoms with Crippen molar-refractivity contribution in [2.24, 2.45) is 0 Å². The Balaban J connectivity index is 2.86. The van der Waals surface area contributed by atoms with Crippen LogP contribution in [0, 0.1) is 6.92 Å². The molecule has 1 aromatic carbocycles. The largest absolute Gasteiger partial charge is 0.508 e. The van der Waals surface area contributed by atoms with Crippen molar-refractivity contribution >= 4 is 5.97 Å². The number of benzene rings is 1. The average molecular weight is 282 g/mol. The van der Waals surface area contributed by atoms with Gasteiger partial charge in [-0.25, -0.2) is 0 Å². The molecule has 0 bridgehead atoms. The molecule has 0 aliphatic rings. The lowest BCUT2D eigenvalue weighted by molar-refractivity contribution is -0.154. The molecular weight excluding hydrogens is 260 g/mol. The Morgan fingerprint density at radius 3 is 2.40 bits per heavy atom. The standard InChI is InChI=1S/C15H22O5/c1-9-8-11(16)10(13(18)14(9)19-5)6-7-12(17)20-15(2,3)4/h8,16,18H,6-7H2,1-5H3. The van der Waals surface area contributed by atoms with Crippen molar-refractivity contribution in [2.75, 3.05) is 7.11 Å². The maximum atomic E-state index is 11.7. The normalized spacial score (nSPS) is 11.2. The molecule has 1 aromatic rings. The summed E-state index contributed by atoms with van der Waals surface area (Å²) in [6.07, 6.45) is 0.258. The van der Waals surface area contributed by atoms with Crippen LogP contribution in [0.15, 0.2) is 6.07 Å². The Labute approximate surface area is 119 Å². The number of phenols is 2. The van der Waals surface area contributed by atoms with E-state index in [0.717, 1.165) is 0 Å². The van der Waals surface area contributed by atoms with Gasteiger partial charge in [0.1, 0.15) is 11.4 Å². The Morgan fingerprint density at radius 2 is 1.90 bits per heavy atom. The van der Waals surface area contributed by atoms with Gasteiger partial charge in [0.05, 0.1) is 7.11 Å². The highest BCUT2D eigenvalue weighted by atomic mass is 16.6. The summed E-state index contributed by atoms with van der Waals surface area (Å²) in [6, 6.07) is 1.50. The van der Waals surface area contributed by atoms with E-state index < -0.39 is 5.60 Å². The lowest BCUT2D eigenvalue weighted by Gasteiger charge is -2.19. The Kier molecular flexibility index (Phi) is 4.87. The van der Waals surface area contributed by atoms with Crippen LogP contribution in [-0.2, 0) is 16.0 Å². The molecule has 0 heterocycles. The second-order valence-corrected chi connectivity index (χ2v) is 5.66. The lowest BCUT2D eigenvalue weighted by Crippen LogP contribution is -2.24. The number of aryl methyl sites for hydroxylation is 1. The Hall–Kier alpha value is -1.91. The van der Waals surface area contributed by atoms with Crippen molar-refractivity contribution in [3.05, 3.63) is 17.2 Å². The van der Waals surface area contributed by atoms with Crippen molar-refractivity contribution in [1.29, 1.82) is 0 Å². The zero-order valence-corrected chi connectivity index (χ0v) is 12.6. The lowest BCUT2D eigenvalue weighted by atomic mass is 10.0. The number of rotatable bonds is 4. The summed E-state index contributed by atoms with van der Waals surface area (Å²) in [5.41, 5.74) is 0.369. The number of hydrogen-bond acceptors (Lipinski definition) is 5. The summed E-state index contributed by atoms with van der Waals surface area (Å²) in [7, 11) is 1.44. The van der Waals surface area contributed by atoms with Crippen LogP contribution in [0.4, 0.5) is 0 Å². The average Bonchev–Trinajstić information content (AvgIpc) is 2.26. The summed E-state index contributed by atoms with van der Waals surface area (Å²) in [5, 5.41) is 19.9. The van der Waals surface area contributed by atoms with Gasteiger partial charge in [0.2, 0.25) is 0 Å². The third-order valence-corrected chi connectivity index (χ3v) is 2.72. The molecule has 0 radical (unpaired) electrons. The molecule has 0 saturated carbocycles. The molecule has 0 saturated heterocycles. The van der Waals surface area contributed by atoms with Gasteiger partial charge in [0.15, 0.2) is 11.5 Å². The fourth-order valence-corrected chi connectivity index (χ4v) is 1.93. The number of carbonyl (C=O) groups excluding carboxylic acids is 1. The van der Waals surface area contributed by atoms with Crippen LogP contribution >= 0.6 is 0 Å². The zero-order chi connectivity index (χ0) is 15.5.